The van der Waals surface area contributed by atoms with Gasteiger partial charge >= 0.3 is 12.1 Å². The van der Waals surface area contributed by atoms with E-state index in [1.807, 2.05) is 20.8 Å². The number of esters is 1. The summed E-state index contributed by atoms with van der Waals surface area (Å²) in [6.45, 7) is 7.91. The van der Waals surface area contributed by atoms with Crippen LogP contribution in [0.5, 0.6) is 0 Å². The first-order valence-electron chi connectivity index (χ1n) is 8.68. The summed E-state index contributed by atoms with van der Waals surface area (Å²) in [5.74, 6) is 0.216. The van der Waals surface area contributed by atoms with E-state index in [-0.39, 0.29) is 18.1 Å². The van der Waals surface area contributed by atoms with Crippen LogP contribution in [0, 0.1) is 5.92 Å². The zero-order chi connectivity index (χ0) is 17.9. The molecular formula is C18H30N2O4. The molecular weight excluding hydrogens is 308 g/mol. The van der Waals surface area contributed by atoms with Gasteiger partial charge in [0, 0.05) is 31.2 Å². The molecule has 2 aliphatic rings. The fourth-order valence-corrected chi connectivity index (χ4v) is 3.41. The van der Waals surface area contributed by atoms with Crippen molar-refractivity contribution in [1.29, 1.82) is 0 Å². The standard InChI is InChI=1S/C18H30N2O4/c1-18(2,3)24-17(22)20-10-7-13(8-11-20)15-12-14(16(21)23-5)6-9-19(15)4/h12-13,15H,6-11H2,1-5H3. The highest BCUT2D eigenvalue weighted by Crippen LogP contribution is 2.29. The van der Waals surface area contributed by atoms with Crippen LogP contribution in [-0.2, 0) is 14.3 Å². The van der Waals surface area contributed by atoms with E-state index in [4.69, 9.17) is 9.47 Å². The SMILES string of the molecule is COC(=O)C1=CC(C2CCN(C(=O)OC(C)(C)C)CC2)N(C)CC1. The van der Waals surface area contributed by atoms with Gasteiger partial charge in [0.25, 0.3) is 0 Å². The molecule has 24 heavy (non-hydrogen) atoms. The zero-order valence-electron chi connectivity index (χ0n) is 15.5. The topological polar surface area (TPSA) is 59.1 Å². The molecule has 2 rings (SSSR count). The quantitative estimate of drug-likeness (QED) is 0.724. The van der Waals surface area contributed by atoms with Gasteiger partial charge in [0.15, 0.2) is 0 Å². The predicted molar refractivity (Wildman–Crippen MR) is 91.7 cm³/mol. The minimum atomic E-state index is -0.463. The van der Waals surface area contributed by atoms with Crippen LogP contribution in [0.25, 0.3) is 0 Å². The summed E-state index contributed by atoms with van der Waals surface area (Å²) in [5, 5.41) is 0. The van der Waals surface area contributed by atoms with Crippen LogP contribution in [0.4, 0.5) is 4.79 Å². The van der Waals surface area contributed by atoms with E-state index in [1.54, 1.807) is 4.90 Å². The molecule has 6 heteroatoms. The summed E-state index contributed by atoms with van der Waals surface area (Å²) in [6.07, 6.45) is 4.39. The average molecular weight is 338 g/mol. The third-order valence-electron chi connectivity index (χ3n) is 4.74. The molecule has 1 atom stereocenters. The van der Waals surface area contributed by atoms with Gasteiger partial charge in [-0.1, -0.05) is 6.08 Å². The maximum absolute atomic E-state index is 12.2. The number of rotatable bonds is 2. The Kier molecular flexibility index (Phi) is 5.91. The summed E-state index contributed by atoms with van der Waals surface area (Å²) in [5.41, 5.74) is 0.311. The predicted octanol–water partition coefficient (Wildman–Crippen LogP) is 2.44. The van der Waals surface area contributed by atoms with Gasteiger partial charge in [0.2, 0.25) is 0 Å². The number of carbonyl (C=O) groups is 2. The van der Waals surface area contributed by atoms with Crippen LogP contribution < -0.4 is 0 Å². The van der Waals surface area contributed by atoms with Crippen molar-refractivity contribution in [2.24, 2.45) is 5.92 Å². The third kappa shape index (κ3) is 4.72. The molecule has 136 valence electrons. The van der Waals surface area contributed by atoms with Gasteiger partial charge in [0.05, 0.1) is 7.11 Å². The second-order valence-electron chi connectivity index (χ2n) is 7.71. The first-order chi connectivity index (χ1) is 11.2. The first kappa shape index (κ1) is 18.8. The zero-order valence-corrected chi connectivity index (χ0v) is 15.5. The smallest absolute Gasteiger partial charge is 0.410 e. The minimum absolute atomic E-state index is 0.223. The fourth-order valence-electron chi connectivity index (χ4n) is 3.41. The van der Waals surface area contributed by atoms with Crippen LogP contribution >= 0.6 is 0 Å². The lowest BCUT2D eigenvalue weighted by molar-refractivity contribution is -0.136. The molecule has 0 radical (unpaired) electrons. The van der Waals surface area contributed by atoms with Crippen molar-refractivity contribution in [3.8, 4) is 0 Å². The number of piperidine rings is 1. The van der Waals surface area contributed by atoms with E-state index in [0.29, 0.717) is 19.0 Å². The molecule has 0 saturated carbocycles. The summed E-state index contributed by atoms with van der Waals surface area (Å²) < 4.78 is 10.3. The lowest BCUT2D eigenvalue weighted by Crippen LogP contribution is -2.47. The number of nitrogens with zero attached hydrogens (tertiary/aromatic N) is 2. The Morgan fingerprint density at radius 1 is 1.17 bits per heavy atom. The molecule has 0 bridgehead atoms. The largest absolute Gasteiger partial charge is 0.466 e. The van der Waals surface area contributed by atoms with Gasteiger partial charge in [-0.15, -0.1) is 0 Å². The summed E-state index contributed by atoms with van der Waals surface area (Å²) in [6, 6.07) is 0.230. The monoisotopic (exact) mass is 338 g/mol. The lowest BCUT2D eigenvalue weighted by Gasteiger charge is -2.40. The van der Waals surface area contributed by atoms with Crippen molar-refractivity contribution < 1.29 is 19.1 Å². The molecule has 0 aliphatic carbocycles. The van der Waals surface area contributed by atoms with E-state index in [2.05, 4.69) is 18.0 Å². The van der Waals surface area contributed by atoms with E-state index >= 15 is 0 Å². The second-order valence-corrected chi connectivity index (χ2v) is 7.71. The van der Waals surface area contributed by atoms with Gasteiger partial charge in [-0.25, -0.2) is 9.59 Å². The summed E-state index contributed by atoms with van der Waals surface area (Å²) in [7, 11) is 3.52. The Morgan fingerprint density at radius 2 is 1.79 bits per heavy atom. The minimum Gasteiger partial charge on any atom is -0.466 e. The van der Waals surface area contributed by atoms with Crippen molar-refractivity contribution >= 4 is 12.1 Å². The highest BCUT2D eigenvalue weighted by Gasteiger charge is 2.33. The van der Waals surface area contributed by atoms with Crippen LogP contribution in [-0.4, -0.2) is 67.3 Å². The third-order valence-corrected chi connectivity index (χ3v) is 4.74. The van der Waals surface area contributed by atoms with E-state index in [9.17, 15) is 9.59 Å². The van der Waals surface area contributed by atoms with Gasteiger partial charge in [-0.2, -0.15) is 0 Å². The molecule has 6 nitrogen and oxygen atoms in total. The molecule has 1 fully saturated rings. The number of likely N-dealkylation sites (tertiary alicyclic amines) is 1. The number of carbonyl (C=O) groups excluding carboxylic acids is 2. The van der Waals surface area contributed by atoms with E-state index in [1.165, 1.54) is 7.11 Å². The van der Waals surface area contributed by atoms with Crippen molar-refractivity contribution in [3.05, 3.63) is 11.6 Å². The van der Waals surface area contributed by atoms with Gasteiger partial charge in [-0.05, 0) is 53.0 Å². The van der Waals surface area contributed by atoms with Crippen LogP contribution in [0.3, 0.4) is 0 Å². The maximum atomic E-state index is 12.2. The number of amides is 1. The van der Waals surface area contributed by atoms with Gasteiger partial charge in [0.1, 0.15) is 5.60 Å². The second kappa shape index (κ2) is 7.55. The summed E-state index contributed by atoms with van der Waals surface area (Å²) in [4.78, 5) is 28.0. The number of hydrogen-bond acceptors (Lipinski definition) is 5. The highest BCUT2D eigenvalue weighted by molar-refractivity contribution is 5.88. The molecule has 1 unspecified atom stereocenters. The lowest BCUT2D eigenvalue weighted by atomic mass is 9.85. The maximum Gasteiger partial charge on any atom is 0.410 e. The molecule has 2 heterocycles. The number of methoxy groups -OCH3 is 1. The Bertz CT molecular complexity index is 502. The molecule has 1 amide bonds. The van der Waals surface area contributed by atoms with Crippen LogP contribution in [0.1, 0.15) is 40.0 Å². The normalized spacial score (nSPS) is 23.6. The van der Waals surface area contributed by atoms with Gasteiger partial charge < -0.3 is 14.4 Å². The molecule has 0 aromatic rings. The average Bonchev–Trinajstić information content (AvgIpc) is 2.53. The Morgan fingerprint density at radius 3 is 2.33 bits per heavy atom. The number of likely N-dealkylation sites (N-methyl/N-ethyl adjacent to an activating group) is 1. The van der Waals surface area contributed by atoms with Crippen molar-refractivity contribution in [3.63, 3.8) is 0 Å². The van der Waals surface area contributed by atoms with Crippen LogP contribution in [0.2, 0.25) is 0 Å². The van der Waals surface area contributed by atoms with Crippen LogP contribution in [0.15, 0.2) is 11.6 Å². The van der Waals surface area contributed by atoms with E-state index < -0.39 is 5.60 Å². The Balaban J connectivity index is 1.95. The van der Waals surface area contributed by atoms with Crippen molar-refractivity contribution in [2.45, 2.75) is 51.7 Å². The van der Waals surface area contributed by atoms with Crippen molar-refractivity contribution in [1.82, 2.24) is 9.80 Å². The molecule has 0 aromatic carbocycles. The highest BCUT2D eigenvalue weighted by atomic mass is 16.6. The fraction of sp³-hybridized carbons (Fsp3) is 0.778. The van der Waals surface area contributed by atoms with E-state index in [0.717, 1.165) is 31.4 Å². The van der Waals surface area contributed by atoms with Crippen molar-refractivity contribution in [2.75, 3.05) is 33.8 Å². The number of ether oxygens (including phenoxy) is 2. The molecule has 0 N–H and O–H groups in total. The number of hydrogen-bond donors (Lipinski definition) is 0. The Labute approximate surface area is 144 Å². The molecule has 0 aromatic heterocycles. The van der Waals surface area contributed by atoms with Gasteiger partial charge in [-0.3, -0.25) is 4.90 Å². The molecule has 1 saturated heterocycles. The molecule has 2 aliphatic heterocycles. The summed E-state index contributed by atoms with van der Waals surface area (Å²) >= 11 is 0. The molecule has 0 spiro atoms. The first-order valence-corrected chi connectivity index (χ1v) is 8.68. The Hall–Kier alpha value is -1.56.